The first kappa shape index (κ1) is 16.2. The quantitative estimate of drug-likeness (QED) is 0.271. The number of hydrogen-bond donors (Lipinski definition) is 0. The van der Waals surface area contributed by atoms with Crippen molar-refractivity contribution in [1.82, 2.24) is 0 Å². The molecule has 0 aromatic carbocycles. The summed E-state index contributed by atoms with van der Waals surface area (Å²) in [6.45, 7) is 2.27. The zero-order valence-corrected chi connectivity index (χ0v) is 12.9. The van der Waals surface area contributed by atoms with Gasteiger partial charge in [0.15, 0.2) is 6.10 Å². The van der Waals surface area contributed by atoms with E-state index in [1.165, 1.54) is 77.0 Å². The Hall–Kier alpha value is -0.160. The highest BCUT2D eigenvalue weighted by Gasteiger charge is 2.68. The first-order chi connectivity index (χ1) is 9.87. The molecule has 0 radical (unpaired) electrons. The van der Waals surface area contributed by atoms with Crippen molar-refractivity contribution < 1.29 is 19.6 Å². The molecule has 4 nitrogen and oxygen atoms in total. The fraction of sp³-hybridized carbons (Fsp3) is 1.00. The lowest BCUT2D eigenvalue weighted by Gasteiger charge is -2.27. The van der Waals surface area contributed by atoms with Crippen LogP contribution in [0.2, 0.25) is 0 Å². The van der Waals surface area contributed by atoms with E-state index in [1.807, 2.05) is 0 Å². The van der Waals surface area contributed by atoms with E-state index in [0.29, 0.717) is 0 Å². The van der Waals surface area contributed by atoms with Crippen LogP contribution in [-0.4, -0.2) is 12.1 Å². The Morgan fingerprint density at radius 2 is 1.15 bits per heavy atom. The highest BCUT2D eigenvalue weighted by atomic mass is 17.5. The normalized spacial score (nSPS) is 22.9. The average Bonchev–Trinajstić information content (AvgIpc) is 3.25. The summed E-state index contributed by atoms with van der Waals surface area (Å²) in [4.78, 5) is 19.2. The van der Waals surface area contributed by atoms with Gasteiger partial charge < -0.3 is 0 Å². The summed E-state index contributed by atoms with van der Waals surface area (Å²) in [6.07, 6.45) is 17.4. The van der Waals surface area contributed by atoms with E-state index in [2.05, 4.69) is 6.92 Å². The predicted molar refractivity (Wildman–Crippen MR) is 76.6 cm³/mol. The second kappa shape index (κ2) is 8.98. The van der Waals surface area contributed by atoms with Crippen molar-refractivity contribution in [2.45, 2.75) is 102 Å². The molecule has 2 saturated heterocycles. The molecule has 2 aliphatic heterocycles. The van der Waals surface area contributed by atoms with E-state index < -0.39 is 5.97 Å². The molecule has 20 heavy (non-hydrogen) atoms. The van der Waals surface area contributed by atoms with Crippen molar-refractivity contribution >= 4 is 0 Å². The summed E-state index contributed by atoms with van der Waals surface area (Å²) in [5.74, 6) is -0.794. The molecule has 2 rings (SSSR count). The Bertz CT molecular complexity index is 253. The Morgan fingerprint density at radius 1 is 0.650 bits per heavy atom. The Balaban J connectivity index is 1.26. The minimum absolute atomic E-state index is 0.00868. The molecule has 0 bridgehead atoms. The molecule has 0 aromatic rings. The van der Waals surface area contributed by atoms with Gasteiger partial charge in [-0.3, -0.25) is 0 Å². The van der Waals surface area contributed by atoms with Crippen molar-refractivity contribution in [3.63, 3.8) is 0 Å². The van der Waals surface area contributed by atoms with Crippen LogP contribution in [0, 0.1) is 0 Å². The number of rotatable bonds is 13. The van der Waals surface area contributed by atoms with Crippen molar-refractivity contribution in [1.29, 1.82) is 0 Å². The average molecular weight is 286 g/mol. The van der Waals surface area contributed by atoms with Crippen LogP contribution in [0.3, 0.4) is 0 Å². The topological polar surface area (TPSA) is 43.5 Å². The van der Waals surface area contributed by atoms with Crippen LogP contribution >= 0.6 is 0 Å². The van der Waals surface area contributed by atoms with Gasteiger partial charge >= 0.3 is 5.97 Å². The maximum Gasteiger partial charge on any atom is 0.394 e. The van der Waals surface area contributed by atoms with Crippen molar-refractivity contribution in [3.05, 3.63) is 0 Å². The molecule has 1 spiro atoms. The lowest BCUT2D eigenvalue weighted by Crippen LogP contribution is -2.46. The third-order valence-corrected chi connectivity index (χ3v) is 4.24. The number of hydrogen-bond acceptors (Lipinski definition) is 4. The first-order valence-corrected chi connectivity index (χ1v) is 8.59. The lowest BCUT2D eigenvalue weighted by molar-refractivity contribution is -0.516. The van der Waals surface area contributed by atoms with Gasteiger partial charge in [0, 0.05) is 0 Å². The zero-order chi connectivity index (χ0) is 14.1. The van der Waals surface area contributed by atoms with Crippen molar-refractivity contribution in [3.8, 4) is 0 Å². The molecule has 0 N–H and O–H groups in total. The molecule has 2 aliphatic rings. The van der Waals surface area contributed by atoms with Gasteiger partial charge in [-0.15, -0.1) is 0 Å². The van der Waals surface area contributed by atoms with Crippen molar-refractivity contribution in [2.75, 3.05) is 0 Å². The first-order valence-electron chi connectivity index (χ1n) is 8.59. The lowest BCUT2D eigenvalue weighted by atomic mass is 10.0. The van der Waals surface area contributed by atoms with Crippen LogP contribution in [0.25, 0.3) is 0 Å². The third kappa shape index (κ3) is 5.32. The fourth-order valence-corrected chi connectivity index (χ4v) is 2.77. The Morgan fingerprint density at radius 3 is 1.55 bits per heavy atom. The molecule has 0 aliphatic carbocycles. The summed E-state index contributed by atoms with van der Waals surface area (Å²) in [6, 6.07) is 0. The van der Waals surface area contributed by atoms with E-state index in [1.54, 1.807) is 0 Å². The minimum atomic E-state index is -0.794. The number of unbranched alkanes of at least 4 members (excludes halogenated alkanes) is 11. The van der Waals surface area contributed by atoms with Gasteiger partial charge in [0.25, 0.3) is 0 Å². The van der Waals surface area contributed by atoms with Gasteiger partial charge in [0.2, 0.25) is 0 Å². The molecule has 0 saturated carbocycles. The minimum Gasteiger partial charge on any atom is -0.219 e. The maximum absolute atomic E-state index is 4.96. The molecule has 0 aromatic heterocycles. The van der Waals surface area contributed by atoms with Gasteiger partial charge in [-0.25, -0.2) is 4.89 Å². The van der Waals surface area contributed by atoms with Crippen LogP contribution in [0.1, 0.15) is 90.4 Å². The molecule has 2 fully saturated rings. The van der Waals surface area contributed by atoms with Gasteiger partial charge in [-0.2, -0.15) is 14.7 Å². The predicted octanol–water partition coefficient (Wildman–Crippen LogP) is 5.02. The van der Waals surface area contributed by atoms with Crippen LogP contribution in [0.15, 0.2) is 0 Å². The van der Waals surface area contributed by atoms with E-state index >= 15 is 0 Å². The van der Waals surface area contributed by atoms with Gasteiger partial charge in [0.1, 0.15) is 0 Å². The zero-order valence-electron chi connectivity index (χ0n) is 12.9. The molecule has 0 amide bonds. The molecular formula is C16H30O4. The SMILES string of the molecule is CCCCCCCCCCCCCCC1OOC12OO2. The highest BCUT2D eigenvalue weighted by molar-refractivity contribution is 4.78. The molecule has 2 heterocycles. The molecular weight excluding hydrogens is 256 g/mol. The second-order valence-corrected chi connectivity index (χ2v) is 6.12. The smallest absolute Gasteiger partial charge is 0.219 e. The summed E-state index contributed by atoms with van der Waals surface area (Å²) >= 11 is 0. The largest absolute Gasteiger partial charge is 0.394 e. The van der Waals surface area contributed by atoms with Crippen molar-refractivity contribution in [2.24, 2.45) is 0 Å². The van der Waals surface area contributed by atoms with Crippen LogP contribution in [0.5, 0.6) is 0 Å². The maximum atomic E-state index is 4.96. The molecule has 1 unspecified atom stereocenters. The van der Waals surface area contributed by atoms with E-state index in [9.17, 15) is 0 Å². The summed E-state index contributed by atoms with van der Waals surface area (Å²) < 4.78 is 0. The van der Waals surface area contributed by atoms with Gasteiger partial charge in [0.05, 0.1) is 0 Å². The third-order valence-electron chi connectivity index (χ3n) is 4.24. The van der Waals surface area contributed by atoms with Crippen LogP contribution in [0.4, 0.5) is 0 Å². The fourth-order valence-electron chi connectivity index (χ4n) is 2.77. The standard InChI is InChI=1S/C16H30O4/c1-2-3-4-5-6-7-8-9-10-11-12-13-14-15-16(18-17-15)19-20-16/h15H,2-14H2,1H3. The monoisotopic (exact) mass is 286 g/mol. The Labute approximate surface area is 123 Å². The van der Waals surface area contributed by atoms with Crippen LogP contribution in [-0.2, 0) is 19.6 Å². The highest BCUT2D eigenvalue weighted by Crippen LogP contribution is 2.46. The van der Waals surface area contributed by atoms with E-state index in [0.717, 1.165) is 6.42 Å². The summed E-state index contributed by atoms with van der Waals surface area (Å²) in [7, 11) is 0. The molecule has 118 valence electrons. The Kier molecular flexibility index (Phi) is 7.28. The van der Waals surface area contributed by atoms with E-state index in [-0.39, 0.29) is 6.10 Å². The molecule has 4 heteroatoms. The van der Waals surface area contributed by atoms with Gasteiger partial charge in [-0.1, -0.05) is 84.0 Å². The van der Waals surface area contributed by atoms with Gasteiger partial charge in [-0.05, 0) is 6.42 Å². The summed E-state index contributed by atoms with van der Waals surface area (Å²) in [5, 5.41) is 0. The molecule has 1 atom stereocenters. The second-order valence-electron chi connectivity index (χ2n) is 6.12. The van der Waals surface area contributed by atoms with Crippen LogP contribution < -0.4 is 0 Å². The van der Waals surface area contributed by atoms with E-state index in [4.69, 9.17) is 19.6 Å². The summed E-state index contributed by atoms with van der Waals surface area (Å²) in [5.41, 5.74) is 0.